The van der Waals surface area contributed by atoms with Gasteiger partial charge in [-0.15, -0.1) is 10.2 Å². The Balaban J connectivity index is 1.36. The van der Waals surface area contributed by atoms with Crippen molar-refractivity contribution in [1.29, 1.82) is 0 Å². The van der Waals surface area contributed by atoms with Gasteiger partial charge < -0.3 is 5.32 Å². The van der Waals surface area contributed by atoms with Gasteiger partial charge in [-0.3, -0.25) is 20.2 Å². The van der Waals surface area contributed by atoms with E-state index >= 15 is 0 Å². The lowest BCUT2D eigenvalue weighted by molar-refractivity contribution is -0.119. The molecule has 1 saturated carbocycles. The normalized spacial score (nSPS) is 13.9. The first-order chi connectivity index (χ1) is 16.2. The summed E-state index contributed by atoms with van der Waals surface area (Å²) in [6.45, 7) is 0. The fourth-order valence-corrected chi connectivity index (χ4v) is 4.87. The minimum absolute atomic E-state index is 0.181. The number of hydrazine groups is 1. The summed E-state index contributed by atoms with van der Waals surface area (Å²) in [6.07, 6.45) is 6.61. The summed E-state index contributed by atoms with van der Waals surface area (Å²) in [5, 5.41) is 13.2. The molecule has 7 nitrogen and oxygen atoms in total. The third-order valence-electron chi connectivity index (χ3n) is 5.51. The zero-order valence-electron chi connectivity index (χ0n) is 18.4. The highest BCUT2D eigenvalue weighted by molar-refractivity contribution is 7.99. The number of carbonyl (C=O) groups is 1. The largest absolute Gasteiger partial charge is 0.359 e. The molecule has 2 aromatic carbocycles. The monoisotopic (exact) mass is 480 g/mol. The second-order valence-electron chi connectivity index (χ2n) is 8.00. The summed E-state index contributed by atoms with van der Waals surface area (Å²) in [7, 11) is 0. The summed E-state index contributed by atoms with van der Waals surface area (Å²) in [5.74, 6) is 0.835. The lowest BCUT2D eigenvalue weighted by Crippen LogP contribution is -2.50. The van der Waals surface area contributed by atoms with Crippen LogP contribution in [0.5, 0.6) is 0 Å². The molecular weight excluding hydrogens is 452 g/mol. The zero-order chi connectivity index (χ0) is 22.9. The Hall–Kier alpha value is -2.91. The first-order valence-electron chi connectivity index (χ1n) is 11.2. The predicted molar refractivity (Wildman–Crippen MR) is 135 cm³/mol. The highest BCUT2D eigenvalue weighted by atomic mass is 32.2. The predicted octanol–water partition coefficient (Wildman–Crippen LogP) is 3.78. The van der Waals surface area contributed by atoms with E-state index < -0.39 is 0 Å². The second-order valence-corrected chi connectivity index (χ2v) is 9.35. The minimum Gasteiger partial charge on any atom is -0.359 e. The molecule has 1 heterocycles. The molecule has 3 N–H and O–H groups in total. The van der Waals surface area contributed by atoms with Gasteiger partial charge in [0.1, 0.15) is 5.82 Å². The minimum atomic E-state index is -0.181. The average molecular weight is 481 g/mol. The Kier molecular flexibility index (Phi) is 8.32. The zero-order valence-corrected chi connectivity index (χ0v) is 20.0. The van der Waals surface area contributed by atoms with Crippen molar-refractivity contribution in [3.63, 3.8) is 0 Å². The standard InChI is InChI=1S/C24H28N6OS2/c31-22(27-28-23(32)25-19-12-6-2-7-13-19)17-33-24-29-26-21(16-18-10-4-1-5-11-18)30(24)20-14-8-3-9-15-20/h1,3-5,8-11,14-15,19H,2,6-7,12-13,16-17H2,(H,27,31)(H2,25,28,32). The second kappa shape index (κ2) is 11.8. The van der Waals surface area contributed by atoms with Gasteiger partial charge >= 0.3 is 0 Å². The first kappa shape index (κ1) is 23.3. The van der Waals surface area contributed by atoms with Crippen LogP contribution in [0.4, 0.5) is 0 Å². The van der Waals surface area contributed by atoms with Crippen LogP contribution in [0.1, 0.15) is 43.5 Å². The van der Waals surface area contributed by atoms with Crippen LogP contribution in [-0.2, 0) is 11.2 Å². The summed E-state index contributed by atoms with van der Waals surface area (Å²) in [5.41, 5.74) is 7.61. The third kappa shape index (κ3) is 6.79. The van der Waals surface area contributed by atoms with Crippen LogP contribution in [0.15, 0.2) is 65.8 Å². The molecule has 4 rings (SSSR count). The number of benzene rings is 2. The maximum atomic E-state index is 12.4. The summed E-state index contributed by atoms with van der Waals surface area (Å²) in [4.78, 5) is 12.4. The number of nitrogens with one attached hydrogen (secondary N) is 3. The maximum Gasteiger partial charge on any atom is 0.248 e. The van der Waals surface area contributed by atoms with Crippen molar-refractivity contribution in [3.8, 4) is 5.69 Å². The van der Waals surface area contributed by atoms with Crippen molar-refractivity contribution in [2.45, 2.75) is 49.7 Å². The number of aromatic nitrogens is 3. The van der Waals surface area contributed by atoms with E-state index in [2.05, 4.69) is 38.5 Å². The van der Waals surface area contributed by atoms with Crippen LogP contribution >= 0.6 is 24.0 Å². The van der Waals surface area contributed by atoms with Gasteiger partial charge in [0.05, 0.1) is 5.75 Å². The summed E-state index contributed by atoms with van der Waals surface area (Å²) >= 11 is 6.65. The van der Waals surface area contributed by atoms with Crippen molar-refractivity contribution >= 4 is 35.0 Å². The molecule has 0 aliphatic heterocycles. The highest BCUT2D eigenvalue weighted by Gasteiger charge is 2.17. The molecule has 0 bridgehead atoms. The van der Waals surface area contributed by atoms with Gasteiger partial charge in [-0.05, 0) is 42.8 Å². The van der Waals surface area contributed by atoms with E-state index in [1.54, 1.807) is 0 Å². The number of amides is 1. The van der Waals surface area contributed by atoms with E-state index in [1.807, 2.05) is 53.1 Å². The first-order valence-corrected chi connectivity index (χ1v) is 12.6. The van der Waals surface area contributed by atoms with Crippen LogP contribution in [0, 0.1) is 0 Å². The Bertz CT molecular complexity index is 1050. The van der Waals surface area contributed by atoms with Crippen molar-refractivity contribution in [2.75, 3.05) is 5.75 Å². The van der Waals surface area contributed by atoms with Gasteiger partial charge in [0, 0.05) is 18.2 Å². The Morgan fingerprint density at radius 3 is 2.39 bits per heavy atom. The fourth-order valence-electron chi connectivity index (χ4n) is 3.88. The van der Waals surface area contributed by atoms with Crippen molar-refractivity contribution in [3.05, 3.63) is 72.1 Å². The van der Waals surface area contributed by atoms with Gasteiger partial charge in [-0.25, -0.2) is 0 Å². The molecule has 1 aliphatic carbocycles. The molecule has 0 spiro atoms. The van der Waals surface area contributed by atoms with Crippen molar-refractivity contribution in [2.24, 2.45) is 0 Å². The molecule has 9 heteroatoms. The van der Waals surface area contributed by atoms with Gasteiger partial charge in [-0.1, -0.05) is 79.6 Å². The van der Waals surface area contributed by atoms with Crippen LogP contribution in [0.2, 0.25) is 0 Å². The molecular formula is C24H28N6OS2. The number of rotatable bonds is 7. The fraction of sp³-hybridized carbons (Fsp3) is 0.333. The molecule has 0 atom stereocenters. The smallest absolute Gasteiger partial charge is 0.248 e. The quantitative estimate of drug-likeness (QED) is 0.270. The molecule has 0 saturated heterocycles. The van der Waals surface area contributed by atoms with Crippen LogP contribution in [0.25, 0.3) is 5.69 Å². The van der Waals surface area contributed by atoms with E-state index in [0.29, 0.717) is 22.7 Å². The van der Waals surface area contributed by atoms with Gasteiger partial charge in [0.2, 0.25) is 5.91 Å². The maximum absolute atomic E-state index is 12.4. The molecule has 172 valence electrons. The Labute approximate surface area is 203 Å². The number of hydrogen-bond acceptors (Lipinski definition) is 5. The molecule has 3 aromatic rings. The van der Waals surface area contributed by atoms with Crippen LogP contribution < -0.4 is 16.2 Å². The summed E-state index contributed by atoms with van der Waals surface area (Å²) in [6, 6.07) is 20.5. The Morgan fingerprint density at radius 1 is 0.970 bits per heavy atom. The van der Waals surface area contributed by atoms with E-state index in [1.165, 1.54) is 31.0 Å². The van der Waals surface area contributed by atoms with Gasteiger partial charge in [-0.2, -0.15) is 0 Å². The average Bonchev–Trinajstić information content (AvgIpc) is 3.25. The molecule has 0 unspecified atom stereocenters. The summed E-state index contributed by atoms with van der Waals surface area (Å²) < 4.78 is 2.01. The lowest BCUT2D eigenvalue weighted by Gasteiger charge is -2.24. The molecule has 1 amide bonds. The van der Waals surface area contributed by atoms with Gasteiger partial charge in [0.25, 0.3) is 0 Å². The van der Waals surface area contributed by atoms with Crippen molar-refractivity contribution < 1.29 is 4.79 Å². The van der Waals surface area contributed by atoms with Crippen LogP contribution in [0.3, 0.4) is 0 Å². The number of nitrogens with zero attached hydrogens (tertiary/aromatic N) is 3. The van der Waals surface area contributed by atoms with Crippen LogP contribution in [-0.4, -0.2) is 37.6 Å². The van der Waals surface area contributed by atoms with E-state index in [9.17, 15) is 4.79 Å². The van der Waals surface area contributed by atoms with E-state index in [4.69, 9.17) is 12.2 Å². The number of hydrogen-bond donors (Lipinski definition) is 3. The number of para-hydroxylation sites is 1. The highest BCUT2D eigenvalue weighted by Crippen LogP contribution is 2.23. The van der Waals surface area contributed by atoms with Crippen molar-refractivity contribution in [1.82, 2.24) is 30.9 Å². The molecule has 0 radical (unpaired) electrons. The van der Waals surface area contributed by atoms with E-state index in [0.717, 1.165) is 29.9 Å². The van der Waals surface area contributed by atoms with Gasteiger partial charge in [0.15, 0.2) is 10.3 Å². The topological polar surface area (TPSA) is 83.9 Å². The SMILES string of the molecule is O=C(CSc1nnc(Cc2ccccc2)n1-c1ccccc1)NNC(=S)NC1CCCCC1. The number of thioether (sulfide) groups is 1. The van der Waals surface area contributed by atoms with E-state index in [-0.39, 0.29) is 11.7 Å². The molecule has 33 heavy (non-hydrogen) atoms. The number of carbonyl (C=O) groups excluding carboxylic acids is 1. The number of thiocarbonyl (C=S) groups is 1. The Morgan fingerprint density at radius 2 is 1.67 bits per heavy atom. The molecule has 1 aromatic heterocycles. The lowest BCUT2D eigenvalue weighted by atomic mass is 9.96. The molecule has 1 fully saturated rings. The third-order valence-corrected chi connectivity index (χ3v) is 6.66. The molecule has 1 aliphatic rings.